The van der Waals surface area contributed by atoms with E-state index in [0.29, 0.717) is 28.8 Å². The normalized spacial score (nSPS) is 11.2. The zero-order chi connectivity index (χ0) is 17.8. The molecule has 3 aromatic rings. The Labute approximate surface area is 146 Å². The molecule has 25 heavy (non-hydrogen) atoms. The van der Waals surface area contributed by atoms with Crippen LogP contribution in [0.4, 0.5) is 0 Å². The first-order valence-corrected chi connectivity index (χ1v) is 8.12. The number of fused-ring (bicyclic) bond motifs is 1. The Morgan fingerprint density at radius 3 is 2.76 bits per heavy atom. The quantitative estimate of drug-likeness (QED) is 0.649. The van der Waals surface area contributed by atoms with Crippen molar-refractivity contribution < 1.29 is 9.53 Å². The highest BCUT2D eigenvalue weighted by atomic mass is 16.5. The molecule has 0 atom stereocenters. The van der Waals surface area contributed by atoms with E-state index in [-0.39, 0.29) is 0 Å². The molecule has 3 rings (SSSR count). The Morgan fingerprint density at radius 2 is 2.08 bits per heavy atom. The molecule has 2 heterocycles. The van der Waals surface area contributed by atoms with Crippen LogP contribution in [0.3, 0.4) is 0 Å². The molecule has 0 saturated carbocycles. The molecule has 1 aromatic carbocycles. The lowest BCUT2D eigenvalue weighted by Crippen LogP contribution is -2.15. The number of primary amides is 1. The van der Waals surface area contributed by atoms with E-state index in [1.807, 2.05) is 38.4 Å². The van der Waals surface area contributed by atoms with E-state index in [1.165, 1.54) is 0 Å². The molecular weight excluding hydrogens is 316 g/mol. The number of benzene rings is 1. The number of ether oxygens (including phenoxy) is 1. The van der Waals surface area contributed by atoms with Crippen LogP contribution in [0.2, 0.25) is 0 Å². The summed E-state index contributed by atoms with van der Waals surface area (Å²) in [7, 11) is 4.08. The van der Waals surface area contributed by atoms with Gasteiger partial charge in [0.25, 0.3) is 0 Å². The third-order valence-corrected chi connectivity index (χ3v) is 3.93. The standard InChI is InChI=1S/C19H21N4O2/c1-23(2)10-3-11-25-14-6-4-13(5-7-14)16-12-22-19-15(8-9-21-19)17(16)18(20)24/h4-7,9,12H,3,10-11H2,1-2H3,(H2,20,24)(H,21,22). The van der Waals surface area contributed by atoms with Crippen LogP contribution in [0.25, 0.3) is 22.2 Å². The molecule has 0 unspecified atom stereocenters. The molecule has 0 saturated heterocycles. The Kier molecular flexibility index (Phi) is 5.00. The number of nitrogens with one attached hydrogen (secondary N) is 1. The van der Waals surface area contributed by atoms with Crippen LogP contribution in [0, 0.1) is 6.07 Å². The number of carbonyl (C=O) groups is 1. The fourth-order valence-electron chi connectivity index (χ4n) is 2.71. The minimum atomic E-state index is -0.498. The third-order valence-electron chi connectivity index (χ3n) is 3.93. The van der Waals surface area contributed by atoms with Gasteiger partial charge in [-0.05, 0) is 38.2 Å². The lowest BCUT2D eigenvalue weighted by Gasteiger charge is -2.11. The summed E-state index contributed by atoms with van der Waals surface area (Å²) in [5.41, 5.74) is 8.15. The van der Waals surface area contributed by atoms with Crippen molar-refractivity contribution in [3.63, 3.8) is 0 Å². The number of amides is 1. The topological polar surface area (TPSA) is 84.2 Å². The lowest BCUT2D eigenvalue weighted by molar-refractivity contribution is 0.100. The van der Waals surface area contributed by atoms with E-state index in [9.17, 15) is 4.79 Å². The molecular formula is C19H21N4O2. The van der Waals surface area contributed by atoms with E-state index in [0.717, 1.165) is 24.3 Å². The predicted molar refractivity (Wildman–Crippen MR) is 97.5 cm³/mol. The first-order chi connectivity index (χ1) is 12.1. The van der Waals surface area contributed by atoms with Gasteiger partial charge < -0.3 is 20.4 Å². The highest BCUT2D eigenvalue weighted by molar-refractivity contribution is 6.10. The number of hydrogen-bond donors (Lipinski definition) is 2. The summed E-state index contributed by atoms with van der Waals surface area (Å²) in [6.07, 6.45) is 4.24. The second-order valence-corrected chi connectivity index (χ2v) is 6.10. The number of carbonyl (C=O) groups excluding carboxylic acids is 1. The van der Waals surface area contributed by atoms with E-state index in [4.69, 9.17) is 10.5 Å². The van der Waals surface area contributed by atoms with Gasteiger partial charge in [-0.15, -0.1) is 0 Å². The van der Waals surface area contributed by atoms with Gasteiger partial charge in [0, 0.05) is 36.0 Å². The molecule has 6 heteroatoms. The van der Waals surface area contributed by atoms with Gasteiger partial charge in [0.1, 0.15) is 11.4 Å². The van der Waals surface area contributed by atoms with Crippen molar-refractivity contribution in [3.8, 4) is 16.9 Å². The number of aromatic amines is 1. The smallest absolute Gasteiger partial charge is 0.250 e. The molecule has 129 valence electrons. The molecule has 0 aliphatic heterocycles. The molecule has 1 radical (unpaired) electrons. The van der Waals surface area contributed by atoms with Gasteiger partial charge >= 0.3 is 0 Å². The van der Waals surface area contributed by atoms with Crippen LogP contribution in [-0.2, 0) is 0 Å². The second kappa shape index (κ2) is 7.36. The second-order valence-electron chi connectivity index (χ2n) is 6.10. The van der Waals surface area contributed by atoms with Crippen LogP contribution in [-0.4, -0.2) is 48.0 Å². The van der Waals surface area contributed by atoms with Crippen molar-refractivity contribution in [2.75, 3.05) is 27.2 Å². The highest BCUT2D eigenvalue weighted by Gasteiger charge is 2.16. The summed E-state index contributed by atoms with van der Waals surface area (Å²) >= 11 is 0. The van der Waals surface area contributed by atoms with Crippen molar-refractivity contribution in [3.05, 3.63) is 48.3 Å². The fourth-order valence-corrected chi connectivity index (χ4v) is 2.71. The number of hydrogen-bond acceptors (Lipinski definition) is 4. The maximum Gasteiger partial charge on any atom is 0.250 e. The van der Waals surface area contributed by atoms with Crippen LogP contribution >= 0.6 is 0 Å². The summed E-state index contributed by atoms with van der Waals surface area (Å²) in [6, 6.07) is 10.6. The molecule has 0 aliphatic rings. The van der Waals surface area contributed by atoms with Crippen molar-refractivity contribution in [2.24, 2.45) is 5.73 Å². The Hall–Kier alpha value is -2.86. The first-order valence-electron chi connectivity index (χ1n) is 8.12. The largest absolute Gasteiger partial charge is 0.494 e. The van der Waals surface area contributed by atoms with E-state index >= 15 is 0 Å². The molecule has 0 spiro atoms. The zero-order valence-electron chi connectivity index (χ0n) is 14.4. The van der Waals surface area contributed by atoms with E-state index in [1.54, 1.807) is 12.4 Å². The molecule has 2 aromatic heterocycles. The van der Waals surface area contributed by atoms with Crippen LogP contribution in [0.15, 0.2) is 36.7 Å². The molecule has 6 nitrogen and oxygen atoms in total. The molecule has 1 amide bonds. The molecule has 0 bridgehead atoms. The molecule has 0 aliphatic carbocycles. The lowest BCUT2D eigenvalue weighted by atomic mass is 9.99. The molecule has 0 fully saturated rings. The monoisotopic (exact) mass is 337 g/mol. The number of nitrogens with zero attached hydrogens (tertiary/aromatic N) is 2. The minimum Gasteiger partial charge on any atom is -0.494 e. The number of H-pyrrole nitrogens is 1. The Balaban J connectivity index is 1.81. The van der Waals surface area contributed by atoms with E-state index in [2.05, 4.69) is 20.9 Å². The van der Waals surface area contributed by atoms with Crippen LogP contribution in [0.1, 0.15) is 16.8 Å². The van der Waals surface area contributed by atoms with Crippen molar-refractivity contribution in [2.45, 2.75) is 6.42 Å². The van der Waals surface area contributed by atoms with E-state index < -0.39 is 5.91 Å². The summed E-state index contributed by atoms with van der Waals surface area (Å²) in [4.78, 5) is 21.3. The third kappa shape index (κ3) is 3.80. The summed E-state index contributed by atoms with van der Waals surface area (Å²) in [6.45, 7) is 1.65. The predicted octanol–water partition coefficient (Wildman–Crippen LogP) is 2.46. The number of rotatable bonds is 7. The highest BCUT2D eigenvalue weighted by Crippen LogP contribution is 2.29. The number of pyridine rings is 1. The average Bonchev–Trinajstić information content (AvgIpc) is 3.06. The van der Waals surface area contributed by atoms with Gasteiger partial charge in [-0.1, -0.05) is 12.1 Å². The van der Waals surface area contributed by atoms with Gasteiger partial charge in [-0.3, -0.25) is 4.79 Å². The van der Waals surface area contributed by atoms with Gasteiger partial charge in [-0.2, -0.15) is 0 Å². The van der Waals surface area contributed by atoms with Crippen LogP contribution in [0.5, 0.6) is 5.75 Å². The average molecular weight is 337 g/mol. The SMILES string of the molecule is CN(C)CCCOc1ccc(-c2cnc3[nH]c[c]c3c2C(N)=O)cc1. The maximum absolute atomic E-state index is 11.9. The van der Waals surface area contributed by atoms with Crippen molar-refractivity contribution in [1.82, 2.24) is 14.9 Å². The summed E-state index contributed by atoms with van der Waals surface area (Å²) < 4.78 is 5.74. The van der Waals surface area contributed by atoms with Crippen LogP contribution < -0.4 is 10.5 Å². The Bertz CT molecular complexity index is 869. The summed E-state index contributed by atoms with van der Waals surface area (Å²) in [5.74, 6) is 0.299. The maximum atomic E-state index is 11.9. The fraction of sp³-hybridized carbons (Fsp3) is 0.263. The van der Waals surface area contributed by atoms with Crippen molar-refractivity contribution in [1.29, 1.82) is 0 Å². The minimum absolute atomic E-state index is 0.422. The van der Waals surface area contributed by atoms with Gasteiger partial charge in [-0.25, -0.2) is 4.98 Å². The molecule has 3 N–H and O–H groups in total. The van der Waals surface area contributed by atoms with Crippen molar-refractivity contribution >= 4 is 16.9 Å². The number of nitrogens with two attached hydrogens (primary N) is 1. The first kappa shape index (κ1) is 17.0. The van der Waals surface area contributed by atoms with Gasteiger partial charge in [0.15, 0.2) is 0 Å². The summed E-state index contributed by atoms with van der Waals surface area (Å²) in [5, 5.41) is 0.606. The van der Waals surface area contributed by atoms with Gasteiger partial charge in [0.2, 0.25) is 5.91 Å². The van der Waals surface area contributed by atoms with Gasteiger partial charge in [0.05, 0.1) is 12.2 Å². The zero-order valence-corrected chi connectivity index (χ0v) is 14.4. The Morgan fingerprint density at radius 1 is 1.32 bits per heavy atom. The number of aromatic nitrogens is 2.